The lowest BCUT2D eigenvalue weighted by atomic mass is 10.0. The van der Waals surface area contributed by atoms with E-state index in [1.165, 1.54) is 16.7 Å². The lowest BCUT2D eigenvalue weighted by Gasteiger charge is -2.31. The highest BCUT2D eigenvalue weighted by Crippen LogP contribution is 2.41. The third-order valence-corrected chi connectivity index (χ3v) is 7.24. The van der Waals surface area contributed by atoms with Gasteiger partial charge in [-0.05, 0) is 48.4 Å². The number of methoxy groups -OCH3 is 1. The number of thioether (sulfide) groups is 1. The van der Waals surface area contributed by atoms with Crippen LogP contribution in [0.4, 0.5) is 11.4 Å². The van der Waals surface area contributed by atoms with Crippen molar-refractivity contribution < 1.29 is 22.5 Å². The minimum Gasteiger partial charge on any atom is -0.497 e. The summed E-state index contributed by atoms with van der Waals surface area (Å²) in [5.74, 6) is 0.0634. The zero-order valence-corrected chi connectivity index (χ0v) is 19.5. The zero-order valence-electron chi connectivity index (χ0n) is 17.1. The van der Waals surface area contributed by atoms with E-state index in [4.69, 9.17) is 21.5 Å². The first-order valence-corrected chi connectivity index (χ1v) is 12.6. The van der Waals surface area contributed by atoms with E-state index in [1.54, 1.807) is 31.4 Å². The van der Waals surface area contributed by atoms with Gasteiger partial charge in [-0.1, -0.05) is 48.3 Å². The average molecular weight is 489 g/mol. The van der Waals surface area contributed by atoms with Crippen molar-refractivity contribution in [2.24, 2.45) is 0 Å². The Kier molecular flexibility index (Phi) is 6.38. The van der Waals surface area contributed by atoms with Gasteiger partial charge in [0.2, 0.25) is 0 Å². The van der Waals surface area contributed by atoms with E-state index in [0.29, 0.717) is 32.9 Å². The van der Waals surface area contributed by atoms with Gasteiger partial charge in [0.15, 0.2) is 4.32 Å². The molecular weight excluding hydrogens is 468 g/mol. The summed E-state index contributed by atoms with van der Waals surface area (Å²) in [5.41, 5.74) is 3.10. The molecule has 7 nitrogen and oxygen atoms in total. The number of carbonyl (C=O) groups is 1. The van der Waals surface area contributed by atoms with Crippen LogP contribution in [0.25, 0.3) is 6.08 Å². The second-order valence-electron chi connectivity index (χ2n) is 7.10. The molecule has 166 valence electrons. The monoisotopic (exact) mass is 488 g/mol. The normalized spacial score (nSPS) is 18.3. The molecule has 2 aliphatic heterocycles. The number of thiocarbonyl (C=S) groups is 1. The molecule has 0 aromatic heterocycles. The molecule has 10 heteroatoms. The maximum absolute atomic E-state index is 13.4. The number of para-hydroxylation sites is 1. The quantitative estimate of drug-likeness (QED) is 0.370. The standard InChI is InChI=1S/C22H20N2O5S3/c1-29-17-10-8-16(9-11-17)24-21(25)20(31-22(24)30)19-12-7-15-5-2-3-6-18(15)23(19)13-4-14-32(26,27)28/h2-3,5-12H,4,13-14H2,1H3,(H,26,27,28). The maximum atomic E-state index is 13.4. The minimum atomic E-state index is -4.08. The molecule has 32 heavy (non-hydrogen) atoms. The lowest BCUT2D eigenvalue weighted by Crippen LogP contribution is -2.31. The summed E-state index contributed by atoms with van der Waals surface area (Å²) in [6, 6.07) is 14.7. The van der Waals surface area contributed by atoms with E-state index in [2.05, 4.69) is 0 Å². The topological polar surface area (TPSA) is 87.2 Å². The third-order valence-electron chi connectivity index (χ3n) is 5.06. The number of amides is 1. The van der Waals surface area contributed by atoms with Gasteiger partial charge in [-0.2, -0.15) is 8.42 Å². The highest BCUT2D eigenvalue weighted by atomic mass is 32.2. The summed E-state index contributed by atoms with van der Waals surface area (Å²) in [6.45, 7) is 0.309. The van der Waals surface area contributed by atoms with E-state index in [1.807, 2.05) is 41.3 Å². The first-order chi connectivity index (χ1) is 15.3. The Labute approximate surface area is 196 Å². The zero-order chi connectivity index (χ0) is 22.9. The Bertz CT molecular complexity index is 1240. The predicted molar refractivity (Wildman–Crippen MR) is 132 cm³/mol. The number of allylic oxidation sites excluding steroid dienone is 1. The predicted octanol–water partition coefficient (Wildman–Crippen LogP) is 4.08. The Morgan fingerprint density at radius 1 is 1.09 bits per heavy atom. The molecule has 2 aliphatic rings. The number of nitrogens with zero attached hydrogens (tertiary/aromatic N) is 2. The van der Waals surface area contributed by atoms with Crippen LogP contribution in [0, 0.1) is 0 Å². The van der Waals surface area contributed by atoms with Gasteiger partial charge in [-0.3, -0.25) is 14.2 Å². The van der Waals surface area contributed by atoms with Crippen molar-refractivity contribution in [1.29, 1.82) is 0 Å². The fourth-order valence-corrected chi connectivity index (χ4v) is 5.43. The van der Waals surface area contributed by atoms with Crippen LogP contribution in [-0.2, 0) is 14.9 Å². The summed E-state index contributed by atoms with van der Waals surface area (Å²) < 4.78 is 37.2. The number of fused-ring (bicyclic) bond motifs is 1. The fraction of sp³-hybridized carbons (Fsp3) is 0.182. The lowest BCUT2D eigenvalue weighted by molar-refractivity contribution is -0.113. The highest BCUT2D eigenvalue weighted by molar-refractivity contribution is 8.27. The second kappa shape index (κ2) is 9.07. The van der Waals surface area contributed by atoms with Crippen molar-refractivity contribution in [2.45, 2.75) is 6.42 Å². The van der Waals surface area contributed by atoms with Crippen molar-refractivity contribution in [1.82, 2.24) is 0 Å². The van der Waals surface area contributed by atoms with Crippen LogP contribution in [0.5, 0.6) is 5.75 Å². The van der Waals surface area contributed by atoms with Gasteiger partial charge in [0.1, 0.15) is 10.7 Å². The van der Waals surface area contributed by atoms with Crippen LogP contribution < -0.4 is 14.5 Å². The van der Waals surface area contributed by atoms with Gasteiger partial charge in [0.25, 0.3) is 16.0 Å². The molecular formula is C22H20N2O5S3. The van der Waals surface area contributed by atoms with Gasteiger partial charge in [0, 0.05) is 12.2 Å². The summed E-state index contributed by atoms with van der Waals surface area (Å²) in [6.07, 6.45) is 3.96. The van der Waals surface area contributed by atoms with Crippen LogP contribution in [-0.4, -0.2) is 42.6 Å². The van der Waals surface area contributed by atoms with Gasteiger partial charge < -0.3 is 9.64 Å². The molecule has 0 bridgehead atoms. The number of ether oxygens (including phenoxy) is 1. The molecule has 0 radical (unpaired) electrons. The number of benzene rings is 2. The molecule has 1 N–H and O–H groups in total. The second-order valence-corrected chi connectivity index (χ2v) is 10.3. The molecule has 2 aromatic carbocycles. The number of rotatable bonds is 6. The van der Waals surface area contributed by atoms with Gasteiger partial charge >= 0.3 is 0 Å². The average Bonchev–Trinajstić information content (AvgIpc) is 3.06. The van der Waals surface area contributed by atoms with Crippen LogP contribution in [0.3, 0.4) is 0 Å². The molecule has 2 aromatic rings. The Morgan fingerprint density at radius 3 is 2.50 bits per heavy atom. The maximum Gasteiger partial charge on any atom is 0.272 e. The number of hydrogen-bond donors (Lipinski definition) is 1. The molecule has 0 spiro atoms. The Hall–Kier alpha value is -2.66. The minimum absolute atomic E-state index is 0.198. The van der Waals surface area contributed by atoms with Crippen LogP contribution in [0.15, 0.2) is 65.2 Å². The molecule has 0 saturated carbocycles. The SMILES string of the molecule is COc1ccc(N2C(=O)C(=C3C=Cc4ccccc4N3CCCS(=O)(=O)O)SC2=S)cc1. The number of anilines is 2. The molecule has 2 heterocycles. The fourth-order valence-electron chi connectivity index (χ4n) is 3.58. The van der Waals surface area contributed by atoms with E-state index in [0.717, 1.165) is 11.3 Å². The van der Waals surface area contributed by atoms with E-state index < -0.39 is 10.1 Å². The first-order valence-electron chi connectivity index (χ1n) is 9.73. The van der Waals surface area contributed by atoms with Crippen LogP contribution in [0.2, 0.25) is 0 Å². The molecule has 1 saturated heterocycles. The summed E-state index contributed by atoms with van der Waals surface area (Å²) in [7, 11) is -2.51. The van der Waals surface area contributed by atoms with E-state index in [-0.39, 0.29) is 18.1 Å². The van der Waals surface area contributed by atoms with Crippen LogP contribution in [0.1, 0.15) is 12.0 Å². The third kappa shape index (κ3) is 4.58. The molecule has 0 atom stereocenters. The summed E-state index contributed by atoms with van der Waals surface area (Å²) in [5, 5.41) is 0. The van der Waals surface area contributed by atoms with Crippen molar-refractivity contribution in [2.75, 3.05) is 29.2 Å². The first kappa shape index (κ1) is 22.5. The number of carbonyl (C=O) groups excluding carboxylic acids is 1. The molecule has 1 fully saturated rings. The highest BCUT2D eigenvalue weighted by Gasteiger charge is 2.37. The van der Waals surface area contributed by atoms with Crippen LogP contribution >= 0.6 is 24.0 Å². The molecule has 1 amide bonds. The molecule has 0 unspecified atom stereocenters. The largest absolute Gasteiger partial charge is 0.497 e. The van der Waals surface area contributed by atoms with Crippen molar-refractivity contribution in [3.05, 3.63) is 70.8 Å². The smallest absolute Gasteiger partial charge is 0.272 e. The molecule has 4 rings (SSSR count). The molecule has 0 aliphatic carbocycles. The van der Waals surface area contributed by atoms with Crippen molar-refractivity contribution in [3.8, 4) is 5.75 Å². The van der Waals surface area contributed by atoms with Crippen molar-refractivity contribution in [3.63, 3.8) is 0 Å². The number of hydrogen-bond acceptors (Lipinski definition) is 7. The van der Waals surface area contributed by atoms with Gasteiger partial charge in [0.05, 0.1) is 24.2 Å². The summed E-state index contributed by atoms with van der Waals surface area (Å²) in [4.78, 5) is 17.2. The summed E-state index contributed by atoms with van der Waals surface area (Å²) >= 11 is 6.71. The Morgan fingerprint density at radius 2 is 1.81 bits per heavy atom. The van der Waals surface area contributed by atoms with Gasteiger partial charge in [-0.25, -0.2) is 0 Å². The Balaban J connectivity index is 1.70. The van der Waals surface area contributed by atoms with E-state index >= 15 is 0 Å². The van der Waals surface area contributed by atoms with E-state index in [9.17, 15) is 13.2 Å². The van der Waals surface area contributed by atoms with Crippen molar-refractivity contribution >= 4 is 61.8 Å². The van der Waals surface area contributed by atoms with Gasteiger partial charge in [-0.15, -0.1) is 0 Å².